The summed E-state index contributed by atoms with van der Waals surface area (Å²) >= 11 is 0. The van der Waals surface area contributed by atoms with E-state index in [4.69, 9.17) is 0 Å². The fourth-order valence-electron chi connectivity index (χ4n) is 6.32. The summed E-state index contributed by atoms with van der Waals surface area (Å²) in [6.07, 6.45) is 21.8. The molecular formula is C35H46. The molecule has 0 radical (unpaired) electrons. The molecule has 0 amide bonds. The molecule has 186 valence electrons. The van der Waals surface area contributed by atoms with Gasteiger partial charge in [0.2, 0.25) is 0 Å². The van der Waals surface area contributed by atoms with Crippen LogP contribution in [-0.2, 0) is 6.42 Å². The van der Waals surface area contributed by atoms with Gasteiger partial charge < -0.3 is 0 Å². The van der Waals surface area contributed by atoms with Crippen molar-refractivity contribution in [2.24, 2.45) is 11.8 Å². The van der Waals surface area contributed by atoms with E-state index in [-0.39, 0.29) is 0 Å². The molecule has 0 bridgehead atoms. The fourth-order valence-corrected chi connectivity index (χ4v) is 6.32. The Morgan fingerprint density at radius 2 is 1.31 bits per heavy atom. The van der Waals surface area contributed by atoms with E-state index < -0.39 is 0 Å². The maximum Gasteiger partial charge on any atom is 0.0249 e. The molecule has 2 saturated carbocycles. The monoisotopic (exact) mass is 466 g/mol. The van der Waals surface area contributed by atoms with Gasteiger partial charge >= 0.3 is 0 Å². The summed E-state index contributed by atoms with van der Waals surface area (Å²) in [4.78, 5) is 0. The lowest BCUT2D eigenvalue weighted by Crippen LogP contribution is -2.13. The molecule has 0 saturated heterocycles. The summed E-state index contributed by atoms with van der Waals surface area (Å²) in [5, 5.41) is 0. The van der Waals surface area contributed by atoms with Gasteiger partial charge in [-0.25, -0.2) is 0 Å². The minimum Gasteiger partial charge on any atom is -0.0730 e. The van der Waals surface area contributed by atoms with Crippen LogP contribution in [0.5, 0.6) is 0 Å². The fraction of sp³-hybridized carbons (Fsp3) is 0.543. The van der Waals surface area contributed by atoms with Crippen molar-refractivity contribution in [3.05, 3.63) is 82.9 Å². The lowest BCUT2D eigenvalue weighted by atomic mass is 9.77. The number of rotatable bonds is 8. The van der Waals surface area contributed by atoms with Crippen molar-refractivity contribution in [1.82, 2.24) is 0 Å². The summed E-state index contributed by atoms with van der Waals surface area (Å²) in [5.74, 6) is 9.83. The number of hydrogen-bond acceptors (Lipinski definition) is 0. The molecule has 2 aromatic carbocycles. The summed E-state index contributed by atoms with van der Waals surface area (Å²) in [6.45, 7) is 4.59. The molecular weight excluding hydrogens is 420 g/mol. The Morgan fingerprint density at radius 3 is 1.91 bits per heavy atom. The maximum atomic E-state index is 3.36. The number of unbranched alkanes of at least 4 members (excludes halogenated alkanes) is 1. The molecule has 35 heavy (non-hydrogen) atoms. The molecule has 0 heterocycles. The van der Waals surface area contributed by atoms with E-state index in [0.717, 1.165) is 23.3 Å². The number of benzene rings is 2. The number of hydrogen-bond donors (Lipinski definition) is 0. The lowest BCUT2D eigenvalue weighted by Gasteiger charge is -2.28. The molecule has 2 aromatic rings. The molecule has 0 unspecified atom stereocenters. The molecule has 0 aliphatic heterocycles. The van der Waals surface area contributed by atoms with Gasteiger partial charge in [0.25, 0.3) is 0 Å². The summed E-state index contributed by atoms with van der Waals surface area (Å²) < 4.78 is 0. The van der Waals surface area contributed by atoms with Gasteiger partial charge in [0.15, 0.2) is 0 Å². The highest BCUT2D eigenvalue weighted by molar-refractivity contribution is 5.39. The summed E-state index contributed by atoms with van der Waals surface area (Å²) in [6, 6.07) is 18.6. The van der Waals surface area contributed by atoms with Crippen LogP contribution in [0.4, 0.5) is 0 Å². The Morgan fingerprint density at radius 1 is 0.714 bits per heavy atom. The van der Waals surface area contributed by atoms with Crippen molar-refractivity contribution in [3.8, 4) is 11.8 Å². The van der Waals surface area contributed by atoms with Crippen LogP contribution in [0, 0.1) is 23.7 Å². The van der Waals surface area contributed by atoms with E-state index in [9.17, 15) is 0 Å². The van der Waals surface area contributed by atoms with E-state index in [2.05, 4.69) is 86.4 Å². The largest absolute Gasteiger partial charge is 0.0730 e. The van der Waals surface area contributed by atoms with Gasteiger partial charge in [-0.1, -0.05) is 87.4 Å². The van der Waals surface area contributed by atoms with Gasteiger partial charge in [-0.2, -0.15) is 0 Å². The molecule has 0 atom stereocenters. The van der Waals surface area contributed by atoms with Crippen LogP contribution in [0.1, 0.15) is 125 Å². The first-order chi connectivity index (χ1) is 17.2. The first-order valence-corrected chi connectivity index (χ1v) is 14.6. The van der Waals surface area contributed by atoms with Crippen LogP contribution in [0.3, 0.4) is 0 Å². The van der Waals surface area contributed by atoms with Crippen molar-refractivity contribution in [2.45, 2.75) is 109 Å². The van der Waals surface area contributed by atoms with Gasteiger partial charge in [-0.05, 0) is 123 Å². The third kappa shape index (κ3) is 7.87. The third-order valence-corrected chi connectivity index (χ3v) is 8.64. The minimum absolute atomic E-state index is 0.689. The molecule has 4 rings (SSSR count). The standard InChI is InChI=1S/C35H46/c1-3-5-9-29-14-22-33(23-15-29)35-26-18-31(19-27-35)11-7-6-10-30-16-24-34(25-17-30)32-20-12-28(8-4-2)13-21-32/h7,11,14-17,22-25,28,31-32,35H,3-5,8-9,12-13,18-21,26-27H2,1-2H3. The van der Waals surface area contributed by atoms with Crippen LogP contribution in [0.15, 0.2) is 60.7 Å². The van der Waals surface area contributed by atoms with Gasteiger partial charge in [-0.3, -0.25) is 0 Å². The van der Waals surface area contributed by atoms with Crippen LogP contribution in [0.2, 0.25) is 0 Å². The van der Waals surface area contributed by atoms with E-state index in [1.165, 1.54) is 94.6 Å². The molecule has 2 fully saturated rings. The van der Waals surface area contributed by atoms with E-state index in [0.29, 0.717) is 5.92 Å². The normalized spacial score (nSPS) is 24.7. The minimum atomic E-state index is 0.689. The Bertz CT molecular complexity index is 949. The van der Waals surface area contributed by atoms with Gasteiger partial charge in [0, 0.05) is 5.56 Å². The average Bonchev–Trinajstić information content (AvgIpc) is 2.92. The highest BCUT2D eigenvalue weighted by Gasteiger charge is 2.22. The van der Waals surface area contributed by atoms with Crippen LogP contribution >= 0.6 is 0 Å². The predicted molar refractivity (Wildman–Crippen MR) is 152 cm³/mol. The molecule has 0 spiro atoms. The first-order valence-electron chi connectivity index (χ1n) is 14.6. The number of allylic oxidation sites excluding steroid dienone is 2. The van der Waals surface area contributed by atoms with E-state index in [1.54, 1.807) is 5.56 Å². The lowest BCUT2D eigenvalue weighted by molar-refractivity contribution is 0.308. The van der Waals surface area contributed by atoms with Crippen LogP contribution < -0.4 is 0 Å². The molecule has 0 heteroatoms. The molecule has 0 aromatic heterocycles. The van der Waals surface area contributed by atoms with Gasteiger partial charge in [0.05, 0.1) is 0 Å². The van der Waals surface area contributed by atoms with Crippen molar-refractivity contribution in [1.29, 1.82) is 0 Å². The quantitative estimate of drug-likeness (QED) is 0.339. The second-order valence-corrected chi connectivity index (χ2v) is 11.2. The van der Waals surface area contributed by atoms with Crippen molar-refractivity contribution in [2.75, 3.05) is 0 Å². The zero-order chi connectivity index (χ0) is 24.3. The Balaban J connectivity index is 1.20. The van der Waals surface area contributed by atoms with Crippen molar-refractivity contribution in [3.63, 3.8) is 0 Å². The molecule has 0 nitrogen and oxygen atoms in total. The van der Waals surface area contributed by atoms with Crippen molar-refractivity contribution >= 4 is 0 Å². The Kier molecular flexibility index (Phi) is 10.1. The second kappa shape index (κ2) is 13.7. The topological polar surface area (TPSA) is 0 Å². The molecule has 2 aliphatic rings. The molecule has 2 aliphatic carbocycles. The Labute approximate surface area is 215 Å². The van der Waals surface area contributed by atoms with Crippen molar-refractivity contribution < 1.29 is 0 Å². The van der Waals surface area contributed by atoms with Gasteiger partial charge in [-0.15, -0.1) is 0 Å². The number of aryl methyl sites for hydroxylation is 1. The molecule has 0 N–H and O–H groups in total. The average molecular weight is 467 g/mol. The third-order valence-electron chi connectivity index (χ3n) is 8.64. The smallest absolute Gasteiger partial charge is 0.0249 e. The highest BCUT2D eigenvalue weighted by Crippen LogP contribution is 2.38. The SMILES string of the molecule is CCCCc1ccc(C2CCC(C=CC#Cc3ccc(C4CCC(CCC)CC4)cc3)CC2)cc1. The second-order valence-electron chi connectivity index (χ2n) is 11.2. The predicted octanol–water partition coefficient (Wildman–Crippen LogP) is 9.98. The van der Waals surface area contributed by atoms with Crippen LogP contribution in [-0.4, -0.2) is 0 Å². The highest BCUT2D eigenvalue weighted by atomic mass is 14.3. The van der Waals surface area contributed by atoms with E-state index in [1.807, 2.05) is 0 Å². The van der Waals surface area contributed by atoms with Gasteiger partial charge in [0.1, 0.15) is 0 Å². The van der Waals surface area contributed by atoms with Crippen LogP contribution in [0.25, 0.3) is 0 Å². The first kappa shape index (κ1) is 25.8. The summed E-state index contributed by atoms with van der Waals surface area (Å²) in [7, 11) is 0. The zero-order valence-corrected chi connectivity index (χ0v) is 22.3. The Hall–Kier alpha value is -2.26. The maximum absolute atomic E-state index is 3.36. The zero-order valence-electron chi connectivity index (χ0n) is 22.3. The summed E-state index contributed by atoms with van der Waals surface area (Å²) in [5.41, 5.74) is 5.71. The van der Waals surface area contributed by atoms with E-state index >= 15 is 0 Å².